The van der Waals surface area contributed by atoms with Gasteiger partial charge in [-0.2, -0.15) is 13.2 Å². The van der Waals surface area contributed by atoms with Crippen LogP contribution in [-0.2, 0) is 17.4 Å². The zero-order valence-electron chi connectivity index (χ0n) is 20.2. The van der Waals surface area contributed by atoms with E-state index in [1.165, 1.54) is 17.0 Å². The van der Waals surface area contributed by atoms with Crippen LogP contribution < -0.4 is 21.1 Å². The Morgan fingerprint density at radius 3 is 2.59 bits per heavy atom. The summed E-state index contributed by atoms with van der Waals surface area (Å²) in [4.78, 5) is 28.7. The van der Waals surface area contributed by atoms with Gasteiger partial charge in [0.2, 0.25) is 5.91 Å². The van der Waals surface area contributed by atoms with Crippen molar-refractivity contribution in [2.45, 2.75) is 37.5 Å². The zero-order valence-corrected chi connectivity index (χ0v) is 20.2. The van der Waals surface area contributed by atoms with Gasteiger partial charge in [-0.15, -0.1) is 0 Å². The van der Waals surface area contributed by atoms with Crippen molar-refractivity contribution < 1.29 is 27.2 Å². The molecule has 3 atom stereocenters. The van der Waals surface area contributed by atoms with Crippen LogP contribution in [0.25, 0.3) is 0 Å². The highest BCUT2D eigenvalue weighted by Crippen LogP contribution is 2.32. The van der Waals surface area contributed by atoms with E-state index < -0.39 is 23.5 Å². The van der Waals surface area contributed by atoms with Crippen LogP contribution >= 0.6 is 0 Å². The molecule has 0 aliphatic carbocycles. The van der Waals surface area contributed by atoms with Crippen LogP contribution in [0.3, 0.4) is 0 Å². The van der Waals surface area contributed by atoms with Crippen molar-refractivity contribution in [2.75, 3.05) is 37.6 Å². The molecule has 3 heterocycles. The lowest BCUT2D eigenvalue weighted by molar-refractivity contribution is -0.137. The summed E-state index contributed by atoms with van der Waals surface area (Å²) in [5.41, 5.74) is 6.25. The molecule has 3 aliphatic rings. The molecule has 198 valence electrons. The van der Waals surface area contributed by atoms with Gasteiger partial charge in [0.15, 0.2) is 0 Å². The molecule has 0 spiro atoms. The van der Waals surface area contributed by atoms with Crippen LogP contribution in [0.1, 0.15) is 34.3 Å². The van der Waals surface area contributed by atoms with E-state index in [9.17, 15) is 27.2 Å². The molecular weight excluding hydrogens is 490 g/mol. The molecule has 5 rings (SSSR count). The number of rotatable bonds is 4. The Morgan fingerprint density at radius 2 is 1.84 bits per heavy atom. The normalized spacial score (nSPS) is 24.4. The molecule has 3 unspecified atom stereocenters. The van der Waals surface area contributed by atoms with Gasteiger partial charge in [-0.3, -0.25) is 15.0 Å². The molecule has 7 nitrogen and oxygen atoms in total. The van der Waals surface area contributed by atoms with Crippen LogP contribution in [-0.4, -0.2) is 61.5 Å². The summed E-state index contributed by atoms with van der Waals surface area (Å²) in [6.07, 6.45) is -2.19. The van der Waals surface area contributed by atoms with Crippen molar-refractivity contribution in [2.24, 2.45) is 5.92 Å². The van der Waals surface area contributed by atoms with E-state index >= 15 is 0 Å². The Hall–Kier alpha value is -3.18. The van der Waals surface area contributed by atoms with Crippen LogP contribution in [0, 0.1) is 11.7 Å². The van der Waals surface area contributed by atoms with Crippen molar-refractivity contribution in [3.8, 4) is 0 Å². The standard InChI is InChI=1S/C26H29F4N5O2/c27-21-7-6-16(14-22-23-19(5-2-8-31-23)24(36)33-32-22)13-20(21)25(37)35-11-9-34(10-12-35)18-4-1-3-17(15-18)26(28,29)30/h1,3-4,6-7,13,15,19,22-23,31-32H,2,5,8-12,14H2,(H,33,36). The predicted molar refractivity (Wildman–Crippen MR) is 129 cm³/mol. The molecule has 3 saturated heterocycles. The number of hydrogen-bond donors (Lipinski definition) is 3. The van der Waals surface area contributed by atoms with Gasteiger partial charge >= 0.3 is 6.18 Å². The minimum Gasteiger partial charge on any atom is -0.368 e. The molecule has 2 aromatic carbocycles. The monoisotopic (exact) mass is 519 g/mol. The molecule has 2 amide bonds. The lowest BCUT2D eigenvalue weighted by Crippen LogP contribution is -2.67. The number of benzene rings is 2. The third-order valence-corrected chi connectivity index (χ3v) is 7.48. The number of hydrogen-bond acceptors (Lipinski definition) is 5. The number of anilines is 1. The van der Waals surface area contributed by atoms with Crippen molar-refractivity contribution >= 4 is 17.5 Å². The maximum absolute atomic E-state index is 14.7. The van der Waals surface area contributed by atoms with Crippen molar-refractivity contribution in [1.29, 1.82) is 0 Å². The SMILES string of the molecule is O=C1NNC(Cc2ccc(F)c(C(=O)N3CCN(c4cccc(C(F)(F)F)c4)CC3)c2)C2NCCCC12. The highest BCUT2D eigenvalue weighted by Gasteiger charge is 2.40. The Morgan fingerprint density at radius 1 is 1.05 bits per heavy atom. The Labute approximate surface area is 212 Å². The zero-order chi connectivity index (χ0) is 26.2. The number of piperidine rings is 1. The van der Waals surface area contributed by atoms with E-state index in [1.54, 1.807) is 23.1 Å². The van der Waals surface area contributed by atoms with Crippen LogP contribution in [0.5, 0.6) is 0 Å². The number of hydrazine groups is 1. The molecule has 3 N–H and O–H groups in total. The third-order valence-electron chi connectivity index (χ3n) is 7.48. The van der Waals surface area contributed by atoms with Gasteiger partial charge in [-0.25, -0.2) is 9.82 Å². The minimum atomic E-state index is -4.43. The number of nitrogens with one attached hydrogen (secondary N) is 3. The lowest BCUT2D eigenvalue weighted by Gasteiger charge is -2.41. The fourth-order valence-electron chi connectivity index (χ4n) is 5.49. The van der Waals surface area contributed by atoms with Crippen molar-refractivity contribution in [1.82, 2.24) is 21.1 Å². The maximum Gasteiger partial charge on any atom is 0.416 e. The third kappa shape index (κ3) is 5.42. The number of fused-ring (bicyclic) bond motifs is 1. The van der Waals surface area contributed by atoms with E-state index in [4.69, 9.17) is 0 Å². The first-order valence-electron chi connectivity index (χ1n) is 12.5. The molecule has 37 heavy (non-hydrogen) atoms. The number of piperazine rings is 1. The Balaban J connectivity index is 1.24. The lowest BCUT2D eigenvalue weighted by atomic mass is 9.82. The number of halogens is 4. The first-order chi connectivity index (χ1) is 17.7. The highest BCUT2D eigenvalue weighted by atomic mass is 19.4. The van der Waals surface area contributed by atoms with Gasteiger partial charge in [-0.05, 0) is 61.7 Å². The van der Waals surface area contributed by atoms with Crippen molar-refractivity contribution in [3.63, 3.8) is 0 Å². The second-order valence-corrected chi connectivity index (χ2v) is 9.81. The maximum atomic E-state index is 14.7. The topological polar surface area (TPSA) is 76.7 Å². The average molecular weight is 520 g/mol. The van der Waals surface area contributed by atoms with Crippen LogP contribution in [0.2, 0.25) is 0 Å². The van der Waals surface area contributed by atoms with E-state index in [1.807, 2.05) is 0 Å². The van der Waals surface area contributed by atoms with Gasteiger partial charge in [0.05, 0.1) is 17.0 Å². The predicted octanol–water partition coefficient (Wildman–Crippen LogP) is 2.72. The van der Waals surface area contributed by atoms with Crippen LogP contribution in [0.4, 0.5) is 23.2 Å². The van der Waals surface area contributed by atoms with Gasteiger partial charge in [0, 0.05) is 44.0 Å². The summed E-state index contributed by atoms with van der Waals surface area (Å²) >= 11 is 0. The molecule has 0 aromatic heterocycles. The molecule has 3 aliphatic heterocycles. The summed E-state index contributed by atoms with van der Waals surface area (Å²) in [5, 5.41) is 3.41. The highest BCUT2D eigenvalue weighted by molar-refractivity contribution is 5.95. The fourth-order valence-corrected chi connectivity index (χ4v) is 5.49. The van der Waals surface area contributed by atoms with Crippen molar-refractivity contribution in [3.05, 3.63) is 65.0 Å². The van der Waals surface area contributed by atoms with E-state index in [0.29, 0.717) is 25.2 Å². The number of carbonyl (C=O) groups is 2. The smallest absolute Gasteiger partial charge is 0.368 e. The van der Waals surface area contributed by atoms with Gasteiger partial charge in [0.1, 0.15) is 5.82 Å². The fraction of sp³-hybridized carbons (Fsp3) is 0.462. The molecule has 11 heteroatoms. The van der Waals surface area contributed by atoms with Gasteiger partial charge in [0.25, 0.3) is 5.91 Å². The Kier molecular flexibility index (Phi) is 7.09. The molecule has 2 aromatic rings. The van der Waals surface area contributed by atoms with Gasteiger partial charge < -0.3 is 15.1 Å². The minimum absolute atomic E-state index is 0.0296. The molecule has 0 saturated carbocycles. The second kappa shape index (κ2) is 10.3. The first kappa shape index (κ1) is 25.5. The van der Waals surface area contributed by atoms with Gasteiger partial charge in [-0.1, -0.05) is 12.1 Å². The summed E-state index contributed by atoms with van der Waals surface area (Å²) in [6.45, 7) is 2.04. The van der Waals surface area contributed by atoms with E-state index in [0.717, 1.165) is 37.1 Å². The van der Waals surface area contributed by atoms with Crippen LogP contribution in [0.15, 0.2) is 42.5 Å². The second-order valence-electron chi connectivity index (χ2n) is 9.81. The molecule has 0 radical (unpaired) electrons. The summed E-state index contributed by atoms with van der Waals surface area (Å²) in [7, 11) is 0. The summed E-state index contributed by atoms with van der Waals surface area (Å²) in [5.74, 6) is -1.23. The average Bonchev–Trinajstić information content (AvgIpc) is 2.91. The molecule has 3 fully saturated rings. The molecule has 0 bridgehead atoms. The van der Waals surface area contributed by atoms with E-state index in [-0.39, 0.29) is 42.6 Å². The summed E-state index contributed by atoms with van der Waals surface area (Å²) in [6, 6.07) is 9.46. The number of carbonyl (C=O) groups excluding carboxylic acids is 2. The number of nitrogens with zero attached hydrogens (tertiary/aromatic N) is 2. The first-order valence-corrected chi connectivity index (χ1v) is 12.5. The summed E-state index contributed by atoms with van der Waals surface area (Å²) < 4.78 is 53.9. The van der Waals surface area contributed by atoms with E-state index in [2.05, 4.69) is 16.2 Å². The number of alkyl halides is 3. The quantitative estimate of drug-likeness (QED) is 0.542. The number of amides is 2. The Bertz CT molecular complexity index is 1170. The largest absolute Gasteiger partial charge is 0.416 e. The molecular formula is C26H29F4N5O2.